The maximum absolute atomic E-state index is 9.55. The van der Waals surface area contributed by atoms with Crippen molar-refractivity contribution in [2.24, 2.45) is 5.92 Å². The monoisotopic (exact) mass is 342 g/mol. The first-order chi connectivity index (χ1) is 12.0. The number of likely N-dealkylation sites (N-methyl/N-ethyl adjacent to an activating group) is 1. The predicted octanol–water partition coefficient (Wildman–Crippen LogP) is 2.47. The number of benzene rings is 1. The number of rotatable bonds is 2. The number of carboxylic acid groups (broad SMARTS) is 2. The molecule has 4 rings (SSSR count). The first-order valence-corrected chi connectivity index (χ1v) is 8.37. The van der Waals surface area contributed by atoms with Crippen molar-refractivity contribution in [2.45, 2.75) is 18.8 Å². The summed E-state index contributed by atoms with van der Waals surface area (Å²) in [6.45, 7) is 2.52. The Balaban J connectivity index is 0.000000197. The number of aryl methyl sites for hydroxylation is 1. The van der Waals surface area contributed by atoms with Crippen LogP contribution in [0.15, 0.2) is 36.4 Å². The fourth-order valence-electron chi connectivity index (χ4n) is 4.02. The first kappa shape index (κ1) is 17.2. The van der Waals surface area contributed by atoms with Gasteiger partial charge in [-0.15, -0.1) is 0 Å². The molecule has 0 unspecified atom stereocenters. The van der Waals surface area contributed by atoms with Crippen LogP contribution < -0.4 is 0 Å². The number of fused-ring (bicyclic) bond motifs is 5. The van der Waals surface area contributed by atoms with Crippen molar-refractivity contribution < 1.29 is 19.8 Å². The van der Waals surface area contributed by atoms with Crippen molar-refractivity contribution in [3.8, 4) is 0 Å². The lowest BCUT2D eigenvalue weighted by atomic mass is 9.79. The first-order valence-electron chi connectivity index (χ1n) is 8.37. The van der Waals surface area contributed by atoms with Gasteiger partial charge in [-0.1, -0.05) is 18.2 Å². The van der Waals surface area contributed by atoms with Crippen LogP contribution in [0.4, 0.5) is 0 Å². The Morgan fingerprint density at radius 2 is 1.84 bits per heavy atom. The van der Waals surface area contributed by atoms with E-state index in [0.717, 1.165) is 11.8 Å². The van der Waals surface area contributed by atoms with Crippen molar-refractivity contribution in [3.05, 3.63) is 47.7 Å². The van der Waals surface area contributed by atoms with Crippen LogP contribution in [0.1, 0.15) is 23.6 Å². The minimum Gasteiger partial charge on any atom is -0.478 e. The Hall–Kier alpha value is -2.60. The van der Waals surface area contributed by atoms with Crippen LogP contribution in [-0.4, -0.2) is 52.2 Å². The molecule has 25 heavy (non-hydrogen) atoms. The lowest BCUT2D eigenvalue weighted by molar-refractivity contribution is -0.134. The molecular weight excluding hydrogens is 320 g/mol. The number of nitrogens with zero attached hydrogens (tertiary/aromatic N) is 1. The Bertz CT molecular complexity index is 808. The van der Waals surface area contributed by atoms with E-state index in [1.165, 1.54) is 42.5 Å². The number of nitrogens with one attached hydrogen (secondary N) is 1. The Kier molecular flexibility index (Phi) is 4.90. The van der Waals surface area contributed by atoms with Crippen LogP contribution in [0.3, 0.4) is 0 Å². The quantitative estimate of drug-likeness (QED) is 0.729. The Morgan fingerprint density at radius 3 is 2.52 bits per heavy atom. The van der Waals surface area contributed by atoms with Gasteiger partial charge in [0.25, 0.3) is 0 Å². The zero-order valence-corrected chi connectivity index (χ0v) is 14.1. The largest absolute Gasteiger partial charge is 0.478 e. The van der Waals surface area contributed by atoms with Gasteiger partial charge >= 0.3 is 11.9 Å². The Morgan fingerprint density at radius 1 is 1.16 bits per heavy atom. The topological polar surface area (TPSA) is 93.6 Å². The lowest BCUT2D eigenvalue weighted by Crippen LogP contribution is -2.18. The highest BCUT2D eigenvalue weighted by Crippen LogP contribution is 2.43. The van der Waals surface area contributed by atoms with Crippen LogP contribution in [0.25, 0.3) is 10.9 Å². The summed E-state index contributed by atoms with van der Waals surface area (Å²) in [6.07, 6.45) is 3.71. The van der Waals surface area contributed by atoms with E-state index in [0.29, 0.717) is 12.2 Å². The summed E-state index contributed by atoms with van der Waals surface area (Å²) in [5.41, 5.74) is 4.46. The second kappa shape index (κ2) is 7.11. The molecule has 0 bridgehead atoms. The molecule has 0 saturated carbocycles. The number of H-pyrrole nitrogens is 1. The van der Waals surface area contributed by atoms with E-state index < -0.39 is 11.9 Å². The van der Waals surface area contributed by atoms with E-state index in [1.807, 2.05) is 0 Å². The van der Waals surface area contributed by atoms with Crippen LogP contribution >= 0.6 is 0 Å². The minimum absolute atomic E-state index is 0.558. The minimum atomic E-state index is -1.26. The van der Waals surface area contributed by atoms with Crippen molar-refractivity contribution in [1.29, 1.82) is 0 Å². The maximum Gasteiger partial charge on any atom is 0.328 e. The molecule has 0 amide bonds. The molecule has 6 heteroatoms. The molecule has 132 valence electrons. The van der Waals surface area contributed by atoms with E-state index in [2.05, 4.69) is 41.2 Å². The highest BCUT2D eigenvalue weighted by atomic mass is 16.4. The van der Waals surface area contributed by atoms with E-state index in [-0.39, 0.29) is 0 Å². The second-order valence-electron chi connectivity index (χ2n) is 6.70. The van der Waals surface area contributed by atoms with Gasteiger partial charge in [0.05, 0.1) is 0 Å². The number of hydrogen-bond donors (Lipinski definition) is 3. The van der Waals surface area contributed by atoms with Crippen molar-refractivity contribution in [2.75, 3.05) is 20.1 Å². The normalized spacial score (nSPS) is 22.3. The predicted molar refractivity (Wildman–Crippen MR) is 94.8 cm³/mol. The van der Waals surface area contributed by atoms with Crippen LogP contribution in [0.2, 0.25) is 0 Å². The Labute approximate surface area is 145 Å². The fraction of sp³-hybridized carbons (Fsp3) is 0.368. The molecule has 6 nitrogen and oxygen atoms in total. The third-order valence-electron chi connectivity index (χ3n) is 4.96. The van der Waals surface area contributed by atoms with E-state index >= 15 is 0 Å². The van der Waals surface area contributed by atoms with Gasteiger partial charge in [0.2, 0.25) is 0 Å². The molecule has 1 aliphatic heterocycles. The molecule has 1 aromatic carbocycles. The van der Waals surface area contributed by atoms with E-state index in [4.69, 9.17) is 10.2 Å². The van der Waals surface area contributed by atoms with Crippen LogP contribution in [0.5, 0.6) is 0 Å². The summed E-state index contributed by atoms with van der Waals surface area (Å²) >= 11 is 0. The summed E-state index contributed by atoms with van der Waals surface area (Å²) in [5.74, 6) is -0.869. The summed E-state index contributed by atoms with van der Waals surface area (Å²) in [4.78, 5) is 25.2. The number of carbonyl (C=O) groups is 2. The number of carboxylic acids is 2. The smallest absolute Gasteiger partial charge is 0.328 e. The molecule has 2 atom stereocenters. The van der Waals surface area contributed by atoms with Crippen LogP contribution in [-0.2, 0) is 16.0 Å². The van der Waals surface area contributed by atoms with Gasteiger partial charge in [-0.05, 0) is 37.4 Å². The van der Waals surface area contributed by atoms with Gasteiger partial charge in [-0.3, -0.25) is 0 Å². The molecule has 0 spiro atoms. The summed E-state index contributed by atoms with van der Waals surface area (Å²) < 4.78 is 0. The highest BCUT2D eigenvalue weighted by Gasteiger charge is 2.37. The standard InChI is InChI=1S/C15H18N2.C4H4O4/c1-17-8-10-6-7-14-15(12(10)9-17)11-4-2-3-5-13(11)16-14;5-3(6)1-2-4(7)8/h2-5,10,12,16H,6-9H2,1H3;1-2H,(H,5,6)(H,7,8)/b;2-1+/t10-,12-;/m1./s1. The molecule has 1 fully saturated rings. The van der Waals surface area contributed by atoms with E-state index in [9.17, 15) is 9.59 Å². The van der Waals surface area contributed by atoms with Crippen molar-refractivity contribution in [1.82, 2.24) is 9.88 Å². The molecule has 1 aromatic heterocycles. The van der Waals surface area contributed by atoms with Gasteiger partial charge in [-0.2, -0.15) is 0 Å². The van der Waals surface area contributed by atoms with Crippen LogP contribution in [0, 0.1) is 5.92 Å². The lowest BCUT2D eigenvalue weighted by Gasteiger charge is -2.24. The van der Waals surface area contributed by atoms with Gasteiger partial charge < -0.3 is 20.1 Å². The van der Waals surface area contributed by atoms with Crippen molar-refractivity contribution in [3.63, 3.8) is 0 Å². The number of aromatic amines is 1. The molecular formula is C19H22N2O4. The average Bonchev–Trinajstić information content (AvgIpc) is 3.12. The third-order valence-corrected chi connectivity index (χ3v) is 4.96. The molecule has 1 aliphatic carbocycles. The maximum atomic E-state index is 9.55. The summed E-state index contributed by atoms with van der Waals surface area (Å²) in [6, 6.07) is 8.79. The van der Waals surface area contributed by atoms with Gasteiger partial charge in [0, 0.05) is 47.8 Å². The average molecular weight is 342 g/mol. The van der Waals surface area contributed by atoms with Gasteiger partial charge in [0.15, 0.2) is 0 Å². The molecule has 2 aromatic rings. The highest BCUT2D eigenvalue weighted by molar-refractivity contribution is 5.89. The number of aliphatic carboxylic acids is 2. The van der Waals surface area contributed by atoms with Crippen molar-refractivity contribution >= 4 is 22.8 Å². The zero-order valence-electron chi connectivity index (χ0n) is 14.1. The molecule has 2 aliphatic rings. The second-order valence-corrected chi connectivity index (χ2v) is 6.70. The molecule has 1 saturated heterocycles. The third kappa shape index (κ3) is 3.74. The number of hydrogen-bond acceptors (Lipinski definition) is 3. The zero-order chi connectivity index (χ0) is 18.0. The number of para-hydroxylation sites is 1. The molecule has 0 radical (unpaired) electrons. The SMILES string of the molecule is CN1C[C@H]2CCc3[nH]c4ccccc4c3[C@@H]2C1.O=C(O)/C=C/C(=O)O. The summed E-state index contributed by atoms with van der Waals surface area (Å²) in [5, 5.41) is 17.1. The summed E-state index contributed by atoms with van der Waals surface area (Å²) in [7, 11) is 2.26. The molecule has 2 heterocycles. The van der Waals surface area contributed by atoms with E-state index in [1.54, 1.807) is 5.56 Å². The molecule has 3 N–H and O–H groups in total. The number of aromatic nitrogens is 1. The van der Waals surface area contributed by atoms with Gasteiger partial charge in [-0.25, -0.2) is 9.59 Å². The number of likely N-dealkylation sites (tertiary alicyclic amines) is 1. The van der Waals surface area contributed by atoms with Gasteiger partial charge in [0.1, 0.15) is 0 Å². The fourth-order valence-corrected chi connectivity index (χ4v) is 4.02.